The third-order valence-electron chi connectivity index (χ3n) is 2.73. The molecule has 1 rings (SSSR count). The van der Waals surface area contributed by atoms with Gasteiger partial charge in [0.25, 0.3) is 0 Å². The molecule has 0 saturated carbocycles. The number of hydrogen-bond donors (Lipinski definition) is 3. The minimum Gasteiger partial charge on any atom is -0.480 e. The summed E-state index contributed by atoms with van der Waals surface area (Å²) in [5, 5.41) is 11.9. The Bertz CT molecular complexity index is 391. The molecule has 0 heterocycles. The lowest BCUT2D eigenvalue weighted by Crippen LogP contribution is -2.42. The second-order valence-corrected chi connectivity index (χ2v) is 3.99. The standard InChI is InChI=1S/C12H18N2O2/c1-7-4-5-8(2)9(6-7)11(14-3)10(13)12(15)16/h4-6,10-11,14H,13H2,1-3H3,(H,15,16). The first-order valence-corrected chi connectivity index (χ1v) is 5.20. The number of aliphatic carboxylic acids is 1. The fourth-order valence-corrected chi connectivity index (χ4v) is 1.77. The molecule has 4 nitrogen and oxygen atoms in total. The van der Waals surface area contributed by atoms with Crippen LogP contribution < -0.4 is 11.1 Å². The Hall–Kier alpha value is -1.39. The summed E-state index contributed by atoms with van der Waals surface area (Å²) in [4.78, 5) is 10.9. The summed E-state index contributed by atoms with van der Waals surface area (Å²) in [5.41, 5.74) is 8.74. The Morgan fingerprint density at radius 2 is 2.06 bits per heavy atom. The molecule has 0 spiro atoms. The average Bonchev–Trinajstić information content (AvgIpc) is 2.23. The normalized spacial score (nSPS) is 14.5. The number of nitrogens with two attached hydrogens (primary N) is 1. The monoisotopic (exact) mass is 222 g/mol. The van der Waals surface area contributed by atoms with Gasteiger partial charge in [0.1, 0.15) is 6.04 Å². The quantitative estimate of drug-likeness (QED) is 0.709. The van der Waals surface area contributed by atoms with Crippen LogP contribution >= 0.6 is 0 Å². The van der Waals surface area contributed by atoms with Crippen molar-refractivity contribution in [1.29, 1.82) is 0 Å². The lowest BCUT2D eigenvalue weighted by Gasteiger charge is -2.22. The highest BCUT2D eigenvalue weighted by molar-refractivity contribution is 5.74. The van der Waals surface area contributed by atoms with Crippen LogP contribution in [-0.4, -0.2) is 24.2 Å². The second-order valence-electron chi connectivity index (χ2n) is 3.99. The first-order valence-electron chi connectivity index (χ1n) is 5.20. The molecule has 2 atom stereocenters. The topological polar surface area (TPSA) is 75.3 Å². The van der Waals surface area contributed by atoms with Crippen molar-refractivity contribution < 1.29 is 9.90 Å². The lowest BCUT2D eigenvalue weighted by atomic mass is 9.94. The molecule has 4 heteroatoms. The van der Waals surface area contributed by atoms with Crippen LogP contribution in [0, 0.1) is 13.8 Å². The van der Waals surface area contributed by atoms with Crippen LogP contribution in [0.4, 0.5) is 0 Å². The van der Waals surface area contributed by atoms with Gasteiger partial charge in [-0.2, -0.15) is 0 Å². The molecule has 88 valence electrons. The van der Waals surface area contributed by atoms with E-state index in [1.807, 2.05) is 32.0 Å². The molecule has 0 saturated heterocycles. The SMILES string of the molecule is CNC(c1cc(C)ccc1C)C(N)C(=O)O. The van der Waals surface area contributed by atoms with Gasteiger partial charge in [-0.25, -0.2) is 0 Å². The fourth-order valence-electron chi connectivity index (χ4n) is 1.77. The minimum absolute atomic E-state index is 0.364. The maximum atomic E-state index is 10.9. The van der Waals surface area contributed by atoms with E-state index in [2.05, 4.69) is 5.32 Å². The van der Waals surface area contributed by atoms with Crippen molar-refractivity contribution in [2.24, 2.45) is 5.73 Å². The molecule has 16 heavy (non-hydrogen) atoms. The summed E-state index contributed by atoms with van der Waals surface area (Å²) >= 11 is 0. The van der Waals surface area contributed by atoms with E-state index in [4.69, 9.17) is 10.8 Å². The number of carboxylic acids is 1. The summed E-state index contributed by atoms with van der Waals surface area (Å²) in [7, 11) is 1.72. The number of nitrogens with one attached hydrogen (secondary N) is 1. The van der Waals surface area contributed by atoms with Gasteiger partial charge in [-0.3, -0.25) is 4.79 Å². The van der Waals surface area contributed by atoms with E-state index in [9.17, 15) is 4.79 Å². The van der Waals surface area contributed by atoms with Crippen LogP contribution in [0.25, 0.3) is 0 Å². The van der Waals surface area contributed by atoms with Gasteiger partial charge in [0.05, 0.1) is 6.04 Å². The van der Waals surface area contributed by atoms with Gasteiger partial charge < -0.3 is 16.2 Å². The molecular formula is C12H18N2O2. The summed E-state index contributed by atoms with van der Waals surface area (Å²) in [6, 6.07) is 4.64. The number of aryl methyl sites for hydroxylation is 2. The van der Waals surface area contributed by atoms with E-state index in [-0.39, 0.29) is 6.04 Å². The van der Waals surface area contributed by atoms with Gasteiger partial charge in [-0.1, -0.05) is 23.8 Å². The van der Waals surface area contributed by atoms with Crippen molar-refractivity contribution in [2.75, 3.05) is 7.05 Å². The van der Waals surface area contributed by atoms with Crippen molar-refractivity contribution in [3.8, 4) is 0 Å². The molecule has 0 amide bonds. The number of rotatable bonds is 4. The minimum atomic E-state index is -1.000. The molecule has 4 N–H and O–H groups in total. The Kier molecular flexibility index (Phi) is 4.04. The third-order valence-corrected chi connectivity index (χ3v) is 2.73. The average molecular weight is 222 g/mol. The van der Waals surface area contributed by atoms with Crippen molar-refractivity contribution in [3.05, 3.63) is 34.9 Å². The van der Waals surface area contributed by atoms with Gasteiger partial charge in [-0.05, 0) is 32.0 Å². The van der Waals surface area contributed by atoms with Crippen LogP contribution in [0.15, 0.2) is 18.2 Å². The van der Waals surface area contributed by atoms with Gasteiger partial charge in [0, 0.05) is 0 Å². The first-order chi connectivity index (χ1) is 7.47. The van der Waals surface area contributed by atoms with E-state index >= 15 is 0 Å². The van der Waals surface area contributed by atoms with Crippen LogP contribution in [0.2, 0.25) is 0 Å². The molecular weight excluding hydrogens is 204 g/mol. The molecule has 0 radical (unpaired) electrons. The molecule has 1 aromatic carbocycles. The van der Waals surface area contributed by atoms with Crippen LogP contribution in [0.5, 0.6) is 0 Å². The van der Waals surface area contributed by atoms with Gasteiger partial charge >= 0.3 is 5.97 Å². The van der Waals surface area contributed by atoms with Crippen LogP contribution in [0.3, 0.4) is 0 Å². The summed E-state index contributed by atoms with van der Waals surface area (Å²) in [6.45, 7) is 3.93. The molecule has 0 aliphatic rings. The number of benzene rings is 1. The maximum absolute atomic E-state index is 10.9. The van der Waals surface area contributed by atoms with Crippen LogP contribution in [0.1, 0.15) is 22.7 Å². The highest BCUT2D eigenvalue weighted by Crippen LogP contribution is 2.21. The second kappa shape index (κ2) is 5.09. The summed E-state index contributed by atoms with van der Waals surface area (Å²) in [5.74, 6) is -1.000. The molecule has 0 fully saturated rings. The summed E-state index contributed by atoms with van der Waals surface area (Å²) < 4.78 is 0. The van der Waals surface area contributed by atoms with Crippen molar-refractivity contribution in [3.63, 3.8) is 0 Å². The predicted molar refractivity (Wildman–Crippen MR) is 63.3 cm³/mol. The van der Waals surface area contributed by atoms with E-state index in [1.54, 1.807) is 7.05 Å². The molecule has 0 bridgehead atoms. The molecule has 0 aliphatic heterocycles. The molecule has 0 aliphatic carbocycles. The Morgan fingerprint density at radius 3 is 2.56 bits per heavy atom. The van der Waals surface area contributed by atoms with Crippen molar-refractivity contribution >= 4 is 5.97 Å². The Balaban J connectivity index is 3.12. The maximum Gasteiger partial charge on any atom is 0.322 e. The van der Waals surface area contributed by atoms with Crippen LogP contribution in [-0.2, 0) is 4.79 Å². The Morgan fingerprint density at radius 1 is 1.44 bits per heavy atom. The third kappa shape index (κ3) is 2.59. The number of hydrogen-bond acceptors (Lipinski definition) is 3. The first kappa shape index (κ1) is 12.7. The number of likely N-dealkylation sites (N-methyl/N-ethyl adjacent to an activating group) is 1. The zero-order valence-corrected chi connectivity index (χ0v) is 9.82. The van der Waals surface area contributed by atoms with E-state index in [0.29, 0.717) is 0 Å². The predicted octanol–water partition coefficient (Wildman–Crippen LogP) is 0.976. The molecule has 0 aromatic heterocycles. The smallest absolute Gasteiger partial charge is 0.322 e. The van der Waals surface area contributed by atoms with Gasteiger partial charge in [0.2, 0.25) is 0 Å². The molecule has 2 unspecified atom stereocenters. The van der Waals surface area contributed by atoms with Crippen molar-refractivity contribution in [2.45, 2.75) is 25.9 Å². The zero-order valence-electron chi connectivity index (χ0n) is 9.82. The van der Waals surface area contributed by atoms with Crippen molar-refractivity contribution in [1.82, 2.24) is 5.32 Å². The lowest BCUT2D eigenvalue weighted by molar-refractivity contribution is -0.139. The van der Waals surface area contributed by atoms with Gasteiger partial charge in [-0.15, -0.1) is 0 Å². The number of carbonyl (C=O) groups is 1. The van der Waals surface area contributed by atoms with Gasteiger partial charge in [0.15, 0.2) is 0 Å². The highest BCUT2D eigenvalue weighted by Gasteiger charge is 2.25. The largest absolute Gasteiger partial charge is 0.480 e. The summed E-state index contributed by atoms with van der Waals surface area (Å²) in [6.07, 6.45) is 0. The van der Waals surface area contributed by atoms with E-state index in [1.165, 1.54) is 0 Å². The zero-order chi connectivity index (χ0) is 12.3. The fraction of sp³-hybridized carbons (Fsp3) is 0.417. The van der Waals surface area contributed by atoms with E-state index < -0.39 is 12.0 Å². The number of carboxylic acid groups (broad SMARTS) is 1. The highest BCUT2D eigenvalue weighted by atomic mass is 16.4. The van der Waals surface area contributed by atoms with E-state index in [0.717, 1.165) is 16.7 Å². The molecule has 1 aromatic rings. The Labute approximate surface area is 95.5 Å².